The van der Waals surface area contributed by atoms with Gasteiger partial charge in [-0.05, 0) is 51.3 Å². The van der Waals surface area contributed by atoms with E-state index in [1.165, 1.54) is 5.56 Å². The Morgan fingerprint density at radius 3 is 2.30 bits per heavy atom. The molecule has 1 aliphatic rings. The summed E-state index contributed by atoms with van der Waals surface area (Å²) in [4.78, 5) is 27.4. The molecule has 0 bridgehead atoms. The molecule has 0 radical (unpaired) electrons. The number of nitrogens with zero attached hydrogens (tertiary/aromatic N) is 1. The predicted molar refractivity (Wildman–Crippen MR) is 118 cm³/mol. The molecule has 0 saturated carbocycles. The van der Waals surface area contributed by atoms with Gasteiger partial charge < -0.3 is 15.4 Å². The number of rotatable bonds is 5. The average molecular weight is 410 g/mol. The lowest BCUT2D eigenvalue weighted by atomic mass is 10.0. The number of benzene rings is 2. The average Bonchev–Trinajstić information content (AvgIpc) is 2.69. The number of carbonyl (C=O) groups excluding carboxylic acids is 2. The molecule has 160 valence electrons. The monoisotopic (exact) mass is 409 g/mol. The highest BCUT2D eigenvalue weighted by Gasteiger charge is 2.23. The second-order valence-electron chi connectivity index (χ2n) is 8.77. The molecule has 30 heavy (non-hydrogen) atoms. The van der Waals surface area contributed by atoms with E-state index in [-0.39, 0.29) is 17.7 Å². The fourth-order valence-corrected chi connectivity index (χ4v) is 3.51. The van der Waals surface area contributed by atoms with E-state index in [2.05, 4.69) is 39.8 Å². The molecule has 1 heterocycles. The number of amides is 2. The molecule has 6 heteroatoms. The van der Waals surface area contributed by atoms with E-state index in [9.17, 15) is 9.59 Å². The summed E-state index contributed by atoms with van der Waals surface area (Å²) in [5.74, 6) is 0.0499. The van der Waals surface area contributed by atoms with Crippen LogP contribution in [0.2, 0.25) is 0 Å². The minimum atomic E-state index is -0.572. The van der Waals surface area contributed by atoms with Gasteiger partial charge in [-0.1, -0.05) is 42.5 Å². The Kier molecular flexibility index (Phi) is 7.11. The van der Waals surface area contributed by atoms with Crippen LogP contribution in [0.15, 0.2) is 54.6 Å². The van der Waals surface area contributed by atoms with Crippen LogP contribution in [-0.4, -0.2) is 41.6 Å². The fraction of sp³-hybridized carbons (Fsp3) is 0.417. The highest BCUT2D eigenvalue weighted by Crippen LogP contribution is 2.20. The van der Waals surface area contributed by atoms with Gasteiger partial charge >= 0.3 is 6.09 Å². The first-order valence-electron chi connectivity index (χ1n) is 10.5. The molecule has 0 aromatic heterocycles. The third kappa shape index (κ3) is 6.59. The molecule has 0 spiro atoms. The summed E-state index contributed by atoms with van der Waals surface area (Å²) in [6.45, 7) is 8.42. The van der Waals surface area contributed by atoms with Crippen LogP contribution < -0.4 is 15.4 Å². The lowest BCUT2D eigenvalue weighted by Crippen LogP contribution is -2.44. The van der Waals surface area contributed by atoms with Crippen LogP contribution in [0.5, 0.6) is 5.75 Å². The number of ether oxygens (including phenoxy) is 1. The van der Waals surface area contributed by atoms with Gasteiger partial charge in [-0.2, -0.15) is 0 Å². The number of hydrogen-bond acceptors (Lipinski definition) is 4. The van der Waals surface area contributed by atoms with Gasteiger partial charge in [0.1, 0.15) is 5.75 Å². The zero-order valence-electron chi connectivity index (χ0n) is 18.0. The molecular weight excluding hydrogens is 378 g/mol. The van der Waals surface area contributed by atoms with Crippen LogP contribution in [0, 0.1) is 0 Å². The second-order valence-corrected chi connectivity index (χ2v) is 8.77. The van der Waals surface area contributed by atoms with E-state index in [1.54, 1.807) is 24.3 Å². The van der Waals surface area contributed by atoms with Crippen LogP contribution >= 0.6 is 0 Å². The largest absolute Gasteiger partial charge is 0.413 e. The van der Waals surface area contributed by atoms with E-state index in [0.29, 0.717) is 5.56 Å². The first-order chi connectivity index (χ1) is 14.3. The van der Waals surface area contributed by atoms with Gasteiger partial charge in [0.2, 0.25) is 0 Å². The highest BCUT2D eigenvalue weighted by atomic mass is 16.6. The molecule has 1 fully saturated rings. The van der Waals surface area contributed by atoms with Crippen LogP contribution in [-0.2, 0) is 6.54 Å². The molecular formula is C24H31N3O3. The van der Waals surface area contributed by atoms with E-state index in [0.717, 1.165) is 32.5 Å². The third-order valence-corrected chi connectivity index (χ3v) is 4.98. The van der Waals surface area contributed by atoms with Gasteiger partial charge in [0, 0.05) is 31.2 Å². The lowest BCUT2D eigenvalue weighted by Gasteiger charge is -2.32. The van der Waals surface area contributed by atoms with Crippen molar-refractivity contribution in [3.8, 4) is 5.75 Å². The smallest absolute Gasteiger partial charge is 0.409 e. The van der Waals surface area contributed by atoms with Crippen LogP contribution in [0.3, 0.4) is 0 Å². The van der Waals surface area contributed by atoms with Crippen molar-refractivity contribution in [1.82, 2.24) is 15.5 Å². The van der Waals surface area contributed by atoms with E-state index in [1.807, 2.05) is 26.8 Å². The summed E-state index contributed by atoms with van der Waals surface area (Å²) in [6.07, 6.45) is 1.22. The molecule has 0 unspecified atom stereocenters. The molecule has 2 aromatic rings. The maximum Gasteiger partial charge on any atom is 0.413 e. The molecule has 1 saturated heterocycles. The summed E-state index contributed by atoms with van der Waals surface area (Å²) in [6, 6.07) is 17.4. The Morgan fingerprint density at radius 2 is 1.63 bits per heavy atom. The van der Waals surface area contributed by atoms with Crippen molar-refractivity contribution in [1.29, 1.82) is 0 Å². The van der Waals surface area contributed by atoms with Gasteiger partial charge in [-0.3, -0.25) is 9.69 Å². The van der Waals surface area contributed by atoms with E-state index in [4.69, 9.17) is 4.74 Å². The fourth-order valence-electron chi connectivity index (χ4n) is 3.51. The number of hydrogen-bond donors (Lipinski definition) is 2. The van der Waals surface area contributed by atoms with Crippen molar-refractivity contribution in [2.75, 3.05) is 13.1 Å². The first-order valence-corrected chi connectivity index (χ1v) is 10.5. The van der Waals surface area contributed by atoms with Crippen LogP contribution in [0.1, 0.15) is 49.5 Å². The molecule has 0 atom stereocenters. The minimum Gasteiger partial charge on any atom is -0.409 e. The van der Waals surface area contributed by atoms with E-state index < -0.39 is 11.6 Å². The summed E-state index contributed by atoms with van der Waals surface area (Å²) in [7, 11) is 0. The highest BCUT2D eigenvalue weighted by molar-refractivity contribution is 5.97. The van der Waals surface area contributed by atoms with Gasteiger partial charge in [-0.15, -0.1) is 0 Å². The Labute approximate surface area is 178 Å². The predicted octanol–water partition coefficient (Wildman–Crippen LogP) is 3.97. The number of carbonyl (C=O) groups is 2. The van der Waals surface area contributed by atoms with Gasteiger partial charge in [0.25, 0.3) is 5.91 Å². The van der Waals surface area contributed by atoms with Gasteiger partial charge in [-0.25, -0.2) is 4.79 Å². The third-order valence-electron chi connectivity index (χ3n) is 4.98. The Hall–Kier alpha value is -2.86. The summed E-state index contributed by atoms with van der Waals surface area (Å²) in [5, 5.41) is 5.85. The summed E-state index contributed by atoms with van der Waals surface area (Å²) in [5.41, 5.74) is 1.26. The summed E-state index contributed by atoms with van der Waals surface area (Å²) >= 11 is 0. The molecule has 0 aliphatic carbocycles. The first kappa shape index (κ1) is 21.8. The summed E-state index contributed by atoms with van der Waals surface area (Å²) < 4.78 is 5.40. The van der Waals surface area contributed by atoms with Crippen molar-refractivity contribution in [3.05, 3.63) is 65.7 Å². The molecule has 1 aliphatic heterocycles. The second kappa shape index (κ2) is 9.76. The number of piperidine rings is 1. The Balaban J connectivity index is 1.53. The normalized spacial score (nSPS) is 15.4. The Morgan fingerprint density at radius 1 is 1.00 bits per heavy atom. The zero-order valence-corrected chi connectivity index (χ0v) is 18.0. The molecule has 2 aromatic carbocycles. The molecule has 3 rings (SSSR count). The van der Waals surface area contributed by atoms with Gasteiger partial charge in [0.15, 0.2) is 0 Å². The van der Waals surface area contributed by atoms with Gasteiger partial charge in [0.05, 0.1) is 5.56 Å². The van der Waals surface area contributed by atoms with Crippen molar-refractivity contribution in [2.24, 2.45) is 0 Å². The van der Waals surface area contributed by atoms with Crippen molar-refractivity contribution in [2.45, 2.75) is 51.7 Å². The maximum atomic E-state index is 12.8. The molecule has 2 amide bonds. The topological polar surface area (TPSA) is 70.7 Å². The van der Waals surface area contributed by atoms with Crippen LogP contribution in [0.4, 0.5) is 4.79 Å². The lowest BCUT2D eigenvalue weighted by molar-refractivity contribution is 0.0906. The minimum absolute atomic E-state index is 0.112. The standard InChI is InChI=1S/C24H31N3O3/c1-24(2,3)26-23(29)30-21-12-8-7-11-20(21)22(28)25-19-13-15-27(16-14-19)17-18-9-5-4-6-10-18/h4-12,19H,13-17H2,1-3H3,(H,25,28)(H,26,29). The van der Waals surface area contributed by atoms with Crippen molar-refractivity contribution >= 4 is 12.0 Å². The van der Waals surface area contributed by atoms with Crippen LogP contribution in [0.25, 0.3) is 0 Å². The van der Waals surface area contributed by atoms with Crippen molar-refractivity contribution in [3.63, 3.8) is 0 Å². The molecule has 2 N–H and O–H groups in total. The quantitative estimate of drug-likeness (QED) is 0.784. The maximum absolute atomic E-state index is 12.8. The number of nitrogens with one attached hydrogen (secondary N) is 2. The molecule has 6 nitrogen and oxygen atoms in total. The number of likely N-dealkylation sites (tertiary alicyclic amines) is 1. The Bertz CT molecular complexity index is 853. The zero-order chi connectivity index (χ0) is 21.6. The van der Waals surface area contributed by atoms with Crippen molar-refractivity contribution < 1.29 is 14.3 Å². The number of para-hydroxylation sites is 1. The SMILES string of the molecule is CC(C)(C)NC(=O)Oc1ccccc1C(=O)NC1CCN(Cc2ccccc2)CC1. The van der Waals surface area contributed by atoms with E-state index >= 15 is 0 Å².